The molecule has 6 nitrogen and oxygen atoms in total. The summed E-state index contributed by atoms with van der Waals surface area (Å²) in [4.78, 5) is 17.0. The van der Waals surface area contributed by atoms with Gasteiger partial charge in [-0.2, -0.15) is 4.31 Å². The predicted molar refractivity (Wildman–Crippen MR) is 106 cm³/mol. The third-order valence-corrected chi connectivity index (χ3v) is 6.25. The topological polar surface area (TPSA) is 71.8 Å². The summed E-state index contributed by atoms with van der Waals surface area (Å²) in [5.74, 6) is 0. The maximum absolute atomic E-state index is 13.0. The molecular weight excluding hydrogens is 386 g/mol. The number of nitrogens with zero attached hydrogens (tertiary/aromatic N) is 3. The van der Waals surface area contributed by atoms with Crippen LogP contribution in [0.2, 0.25) is 5.02 Å². The minimum atomic E-state index is -3.73. The zero-order chi connectivity index (χ0) is 19.6. The molecule has 8 heteroatoms. The molecule has 27 heavy (non-hydrogen) atoms. The Hall–Kier alpha value is -2.22. The molecule has 0 spiro atoms. The van der Waals surface area contributed by atoms with Crippen LogP contribution in [0.3, 0.4) is 0 Å². The van der Waals surface area contributed by atoms with Gasteiger partial charge in [0.2, 0.25) is 10.0 Å². The summed E-state index contributed by atoms with van der Waals surface area (Å²) < 4.78 is 28.8. The molecule has 3 aromatic rings. The predicted octanol–water partition coefficient (Wildman–Crippen LogP) is 3.26. The van der Waals surface area contributed by atoms with Crippen molar-refractivity contribution in [2.45, 2.75) is 31.7 Å². The van der Waals surface area contributed by atoms with Gasteiger partial charge in [-0.1, -0.05) is 18.5 Å². The summed E-state index contributed by atoms with van der Waals surface area (Å²) in [6.45, 7) is 4.15. The third-order valence-electron chi connectivity index (χ3n) is 4.14. The number of sulfonamides is 1. The molecule has 0 unspecified atom stereocenters. The smallest absolute Gasteiger partial charge is 0.258 e. The molecule has 0 fully saturated rings. The monoisotopic (exact) mass is 405 g/mol. The highest BCUT2D eigenvalue weighted by Gasteiger charge is 2.24. The highest BCUT2D eigenvalue weighted by molar-refractivity contribution is 7.89. The van der Waals surface area contributed by atoms with Crippen LogP contribution in [0.4, 0.5) is 0 Å². The van der Waals surface area contributed by atoms with Crippen molar-refractivity contribution in [1.82, 2.24) is 13.7 Å². The molecule has 0 aliphatic carbocycles. The summed E-state index contributed by atoms with van der Waals surface area (Å²) in [5, 5.41) is 0.468. The van der Waals surface area contributed by atoms with Gasteiger partial charge in [-0.3, -0.25) is 9.20 Å². The van der Waals surface area contributed by atoms with Gasteiger partial charge in [-0.05, 0) is 55.3 Å². The molecule has 2 aromatic heterocycles. The average Bonchev–Trinajstić information content (AvgIpc) is 2.61. The van der Waals surface area contributed by atoms with Crippen LogP contribution in [0.15, 0.2) is 58.4 Å². The Labute approximate surface area is 163 Å². The Bertz CT molecular complexity index is 1130. The molecule has 0 saturated heterocycles. The molecule has 3 rings (SSSR count). The quantitative estimate of drug-likeness (QED) is 0.631. The fourth-order valence-electron chi connectivity index (χ4n) is 2.80. The molecule has 0 atom stereocenters. The van der Waals surface area contributed by atoms with Gasteiger partial charge in [0.25, 0.3) is 5.56 Å². The average molecular weight is 406 g/mol. The van der Waals surface area contributed by atoms with Gasteiger partial charge >= 0.3 is 0 Å². The van der Waals surface area contributed by atoms with Crippen molar-refractivity contribution in [3.05, 3.63) is 75.3 Å². The van der Waals surface area contributed by atoms with E-state index in [1.807, 2.05) is 19.9 Å². The number of pyridine rings is 1. The lowest BCUT2D eigenvalue weighted by molar-refractivity contribution is 0.401. The number of hydrogen-bond acceptors (Lipinski definition) is 4. The van der Waals surface area contributed by atoms with Gasteiger partial charge < -0.3 is 0 Å². The van der Waals surface area contributed by atoms with Gasteiger partial charge in [0.1, 0.15) is 5.65 Å². The van der Waals surface area contributed by atoms with Crippen molar-refractivity contribution in [1.29, 1.82) is 0 Å². The standard InChI is InChI=1S/C19H20ClN3O3S/c1-3-9-22(27(25,26)17-6-4-15(20)5-7-17)13-16-12-19(24)23-10-8-14(2)11-18(23)21-16/h4-8,10-12H,3,9,13H2,1-2H3. The minimum Gasteiger partial charge on any atom is -0.269 e. The van der Waals surface area contributed by atoms with Gasteiger partial charge in [0, 0.05) is 23.8 Å². The van der Waals surface area contributed by atoms with Crippen LogP contribution in [-0.2, 0) is 16.6 Å². The van der Waals surface area contributed by atoms with Crippen LogP contribution in [0.25, 0.3) is 5.65 Å². The maximum atomic E-state index is 13.0. The molecule has 0 aliphatic rings. The number of benzene rings is 1. The van der Waals surface area contributed by atoms with E-state index >= 15 is 0 Å². The van der Waals surface area contributed by atoms with Crippen molar-refractivity contribution >= 4 is 27.3 Å². The van der Waals surface area contributed by atoms with Crippen LogP contribution in [0.1, 0.15) is 24.6 Å². The minimum absolute atomic E-state index is 0.0263. The van der Waals surface area contributed by atoms with E-state index in [1.54, 1.807) is 24.4 Å². The van der Waals surface area contributed by atoms with E-state index in [0.717, 1.165) is 5.56 Å². The summed E-state index contributed by atoms with van der Waals surface area (Å²) in [6, 6.07) is 11.0. The van der Waals surface area contributed by atoms with Gasteiger partial charge in [0.05, 0.1) is 17.1 Å². The number of hydrogen-bond donors (Lipinski definition) is 0. The molecule has 0 radical (unpaired) electrons. The zero-order valence-electron chi connectivity index (χ0n) is 15.1. The van der Waals surface area contributed by atoms with Crippen molar-refractivity contribution in [2.75, 3.05) is 6.54 Å². The zero-order valence-corrected chi connectivity index (χ0v) is 16.7. The molecule has 2 heterocycles. The normalized spacial score (nSPS) is 12.0. The third kappa shape index (κ3) is 4.21. The number of rotatable bonds is 6. The Kier molecular flexibility index (Phi) is 5.64. The van der Waals surface area contributed by atoms with Crippen molar-refractivity contribution in [3.8, 4) is 0 Å². The Morgan fingerprint density at radius 2 is 1.85 bits per heavy atom. The van der Waals surface area contributed by atoms with Gasteiger partial charge in [-0.25, -0.2) is 13.4 Å². The summed E-state index contributed by atoms with van der Waals surface area (Å²) in [5.41, 5.74) is 1.64. The molecule has 0 aliphatic heterocycles. The van der Waals surface area contributed by atoms with Crippen LogP contribution in [0, 0.1) is 6.92 Å². The largest absolute Gasteiger partial charge is 0.269 e. The summed E-state index contributed by atoms with van der Waals surface area (Å²) in [6.07, 6.45) is 2.30. The second-order valence-electron chi connectivity index (χ2n) is 6.31. The second-order valence-corrected chi connectivity index (χ2v) is 8.68. The molecular formula is C19H20ClN3O3S. The number of halogens is 1. The summed E-state index contributed by atoms with van der Waals surface area (Å²) >= 11 is 5.86. The first kappa shape index (κ1) is 19.5. The molecule has 0 saturated carbocycles. The fourth-order valence-corrected chi connectivity index (χ4v) is 4.43. The Morgan fingerprint density at radius 1 is 1.15 bits per heavy atom. The highest BCUT2D eigenvalue weighted by Crippen LogP contribution is 2.20. The molecule has 0 amide bonds. The van der Waals surface area contributed by atoms with Gasteiger partial charge in [0.15, 0.2) is 0 Å². The Balaban J connectivity index is 2.00. The van der Waals surface area contributed by atoms with E-state index < -0.39 is 10.0 Å². The highest BCUT2D eigenvalue weighted by atomic mass is 35.5. The lowest BCUT2D eigenvalue weighted by Gasteiger charge is -2.21. The lowest BCUT2D eigenvalue weighted by Crippen LogP contribution is -2.32. The number of aryl methyl sites for hydroxylation is 1. The first-order valence-corrected chi connectivity index (χ1v) is 10.4. The molecule has 0 bridgehead atoms. The molecule has 0 N–H and O–H groups in total. The number of fused-ring (bicyclic) bond motifs is 1. The first-order valence-electron chi connectivity index (χ1n) is 8.56. The molecule has 1 aromatic carbocycles. The Morgan fingerprint density at radius 3 is 2.52 bits per heavy atom. The van der Waals surface area contributed by atoms with E-state index in [9.17, 15) is 13.2 Å². The fraction of sp³-hybridized carbons (Fsp3) is 0.263. The summed E-state index contributed by atoms with van der Waals surface area (Å²) in [7, 11) is -3.73. The van der Waals surface area contributed by atoms with E-state index in [0.29, 0.717) is 29.3 Å². The maximum Gasteiger partial charge on any atom is 0.258 e. The number of aromatic nitrogens is 2. The lowest BCUT2D eigenvalue weighted by atomic mass is 10.3. The van der Waals surface area contributed by atoms with Crippen LogP contribution < -0.4 is 5.56 Å². The van der Waals surface area contributed by atoms with E-state index in [1.165, 1.54) is 26.9 Å². The van der Waals surface area contributed by atoms with Gasteiger partial charge in [-0.15, -0.1) is 0 Å². The second kappa shape index (κ2) is 7.80. The SMILES string of the molecule is CCCN(Cc1cc(=O)n2ccc(C)cc2n1)S(=O)(=O)c1ccc(Cl)cc1. The molecule has 142 valence electrons. The van der Waals surface area contributed by atoms with E-state index in [-0.39, 0.29) is 17.0 Å². The van der Waals surface area contributed by atoms with Crippen molar-refractivity contribution in [2.24, 2.45) is 0 Å². The van der Waals surface area contributed by atoms with Crippen molar-refractivity contribution < 1.29 is 8.42 Å². The van der Waals surface area contributed by atoms with Crippen molar-refractivity contribution in [3.63, 3.8) is 0 Å². The van der Waals surface area contributed by atoms with Crippen LogP contribution in [0.5, 0.6) is 0 Å². The van der Waals surface area contributed by atoms with E-state index in [4.69, 9.17) is 11.6 Å². The van der Waals surface area contributed by atoms with Crippen LogP contribution in [-0.4, -0.2) is 28.7 Å². The van der Waals surface area contributed by atoms with Crippen LogP contribution >= 0.6 is 11.6 Å². The first-order chi connectivity index (χ1) is 12.8. The van der Waals surface area contributed by atoms with E-state index in [2.05, 4.69) is 4.98 Å².